The molecule has 2 heterocycles. The summed E-state index contributed by atoms with van der Waals surface area (Å²) in [6.07, 6.45) is 2.38. The lowest BCUT2D eigenvalue weighted by molar-refractivity contribution is -0.138. The van der Waals surface area contributed by atoms with Crippen LogP contribution in [0, 0.1) is 0 Å². The Morgan fingerprint density at radius 3 is 2.44 bits per heavy atom. The van der Waals surface area contributed by atoms with E-state index in [0.717, 1.165) is 50.5 Å². The maximum atomic E-state index is 12.7. The van der Waals surface area contributed by atoms with E-state index in [9.17, 15) is 4.79 Å². The highest BCUT2D eigenvalue weighted by molar-refractivity contribution is 5.76. The highest BCUT2D eigenvalue weighted by Gasteiger charge is 2.29. The van der Waals surface area contributed by atoms with Crippen LogP contribution in [0.25, 0.3) is 0 Å². The molecule has 0 saturated carbocycles. The zero-order chi connectivity index (χ0) is 19.2. The fraction of sp³-hybridized carbons (Fsp3) is 0.667. The molecule has 6 nitrogen and oxygen atoms in total. The molecule has 2 aliphatic rings. The van der Waals surface area contributed by atoms with Gasteiger partial charge in [0.05, 0.1) is 26.2 Å². The van der Waals surface area contributed by atoms with Crippen LogP contribution in [0.5, 0.6) is 11.5 Å². The molecule has 0 N–H and O–H groups in total. The molecule has 1 aromatic carbocycles. The molecular weight excluding hydrogens is 344 g/mol. The van der Waals surface area contributed by atoms with Gasteiger partial charge in [0.1, 0.15) is 17.6 Å². The van der Waals surface area contributed by atoms with Crippen LogP contribution in [-0.2, 0) is 9.53 Å². The molecule has 0 bridgehead atoms. The third-order valence-corrected chi connectivity index (χ3v) is 5.46. The van der Waals surface area contributed by atoms with Crippen LogP contribution in [0.3, 0.4) is 0 Å². The molecular formula is C21H32N2O4. The highest BCUT2D eigenvalue weighted by atomic mass is 16.5. The van der Waals surface area contributed by atoms with Gasteiger partial charge < -0.3 is 19.1 Å². The van der Waals surface area contributed by atoms with E-state index in [1.807, 2.05) is 29.2 Å². The van der Waals surface area contributed by atoms with E-state index < -0.39 is 0 Å². The molecule has 1 aromatic rings. The SMILES string of the molecule is COc1ccc(OC2CCN(C(=O)C[C@H]3CN(C(C)C)CCO3)CC2)cc1. The van der Waals surface area contributed by atoms with Gasteiger partial charge in [0, 0.05) is 45.1 Å². The van der Waals surface area contributed by atoms with Crippen LogP contribution >= 0.6 is 0 Å². The predicted octanol–water partition coefficient (Wildman–Crippen LogP) is 2.56. The Morgan fingerprint density at radius 2 is 1.81 bits per heavy atom. The summed E-state index contributed by atoms with van der Waals surface area (Å²) in [6.45, 7) is 8.40. The molecule has 0 aliphatic carbocycles. The monoisotopic (exact) mass is 376 g/mol. The second-order valence-corrected chi connectivity index (χ2v) is 7.66. The lowest BCUT2D eigenvalue weighted by Gasteiger charge is -2.37. The van der Waals surface area contributed by atoms with Gasteiger partial charge in [-0.05, 0) is 38.1 Å². The Kier molecular flexibility index (Phi) is 6.96. The van der Waals surface area contributed by atoms with E-state index in [4.69, 9.17) is 14.2 Å². The molecule has 2 fully saturated rings. The minimum absolute atomic E-state index is 0.0157. The molecule has 27 heavy (non-hydrogen) atoms. The van der Waals surface area contributed by atoms with E-state index >= 15 is 0 Å². The summed E-state index contributed by atoms with van der Waals surface area (Å²) in [6, 6.07) is 8.16. The summed E-state index contributed by atoms with van der Waals surface area (Å²) >= 11 is 0. The van der Waals surface area contributed by atoms with E-state index in [1.54, 1.807) is 7.11 Å². The molecule has 0 aromatic heterocycles. The van der Waals surface area contributed by atoms with E-state index in [2.05, 4.69) is 18.7 Å². The lowest BCUT2D eigenvalue weighted by Crippen LogP contribution is -2.48. The second kappa shape index (κ2) is 9.42. The number of piperidine rings is 1. The molecule has 2 aliphatic heterocycles. The van der Waals surface area contributed by atoms with Crippen molar-refractivity contribution in [1.29, 1.82) is 0 Å². The topological polar surface area (TPSA) is 51.2 Å². The highest BCUT2D eigenvalue weighted by Crippen LogP contribution is 2.22. The van der Waals surface area contributed by atoms with Crippen molar-refractivity contribution >= 4 is 5.91 Å². The number of nitrogens with zero attached hydrogens (tertiary/aromatic N) is 2. The number of benzene rings is 1. The van der Waals surface area contributed by atoms with Gasteiger partial charge in [0.2, 0.25) is 5.91 Å². The van der Waals surface area contributed by atoms with E-state index in [1.165, 1.54) is 0 Å². The summed E-state index contributed by atoms with van der Waals surface area (Å²) in [5.74, 6) is 1.88. The molecule has 2 saturated heterocycles. The summed E-state index contributed by atoms with van der Waals surface area (Å²) in [4.78, 5) is 17.0. The maximum absolute atomic E-state index is 12.7. The molecule has 1 atom stereocenters. The third-order valence-electron chi connectivity index (χ3n) is 5.46. The summed E-state index contributed by atoms with van der Waals surface area (Å²) < 4.78 is 17.0. The van der Waals surface area contributed by atoms with Crippen LogP contribution in [0.1, 0.15) is 33.1 Å². The number of carbonyl (C=O) groups is 1. The van der Waals surface area contributed by atoms with Gasteiger partial charge in [-0.3, -0.25) is 9.69 Å². The number of morpholine rings is 1. The molecule has 1 amide bonds. The molecule has 150 valence electrons. The first kappa shape index (κ1) is 20.0. The van der Waals surface area contributed by atoms with Crippen LogP contribution in [-0.4, -0.2) is 73.9 Å². The number of ether oxygens (including phenoxy) is 3. The smallest absolute Gasteiger partial charge is 0.225 e. The molecule has 0 spiro atoms. The third kappa shape index (κ3) is 5.59. The van der Waals surface area contributed by atoms with Gasteiger partial charge in [0.15, 0.2) is 0 Å². The normalized spacial score (nSPS) is 22.1. The largest absolute Gasteiger partial charge is 0.497 e. The number of likely N-dealkylation sites (tertiary alicyclic amines) is 1. The quantitative estimate of drug-likeness (QED) is 0.764. The van der Waals surface area contributed by atoms with Gasteiger partial charge in [-0.1, -0.05) is 0 Å². The maximum Gasteiger partial charge on any atom is 0.225 e. The zero-order valence-electron chi connectivity index (χ0n) is 16.7. The van der Waals surface area contributed by atoms with Crippen molar-refractivity contribution in [2.75, 3.05) is 39.9 Å². The summed E-state index contributed by atoms with van der Waals surface area (Å²) in [5, 5.41) is 0. The van der Waals surface area contributed by atoms with Crippen molar-refractivity contribution in [3.63, 3.8) is 0 Å². The molecule has 6 heteroatoms. The number of amides is 1. The lowest BCUT2D eigenvalue weighted by atomic mass is 10.1. The van der Waals surface area contributed by atoms with Crippen molar-refractivity contribution in [1.82, 2.24) is 9.80 Å². The van der Waals surface area contributed by atoms with Gasteiger partial charge in [-0.15, -0.1) is 0 Å². The minimum atomic E-state index is 0.0157. The Morgan fingerprint density at radius 1 is 1.15 bits per heavy atom. The Hall–Kier alpha value is -1.79. The van der Waals surface area contributed by atoms with Crippen molar-refractivity contribution < 1.29 is 19.0 Å². The minimum Gasteiger partial charge on any atom is -0.497 e. The van der Waals surface area contributed by atoms with Crippen LogP contribution < -0.4 is 9.47 Å². The van der Waals surface area contributed by atoms with E-state index in [-0.39, 0.29) is 18.1 Å². The first-order chi connectivity index (χ1) is 13.0. The van der Waals surface area contributed by atoms with Crippen LogP contribution in [0.2, 0.25) is 0 Å². The van der Waals surface area contributed by atoms with Crippen molar-refractivity contribution in [2.24, 2.45) is 0 Å². The molecule has 0 unspecified atom stereocenters. The Balaban J connectivity index is 1.42. The first-order valence-electron chi connectivity index (χ1n) is 9.99. The number of rotatable bonds is 6. The Bertz CT molecular complexity index is 597. The van der Waals surface area contributed by atoms with Crippen LogP contribution in [0.15, 0.2) is 24.3 Å². The first-order valence-corrected chi connectivity index (χ1v) is 9.99. The van der Waals surface area contributed by atoms with E-state index in [0.29, 0.717) is 19.1 Å². The average molecular weight is 376 g/mol. The van der Waals surface area contributed by atoms with Crippen molar-refractivity contribution in [3.05, 3.63) is 24.3 Å². The van der Waals surface area contributed by atoms with Gasteiger partial charge >= 0.3 is 0 Å². The summed E-state index contributed by atoms with van der Waals surface area (Å²) in [5.41, 5.74) is 0. The van der Waals surface area contributed by atoms with Crippen LogP contribution in [0.4, 0.5) is 0 Å². The summed E-state index contributed by atoms with van der Waals surface area (Å²) in [7, 11) is 1.65. The van der Waals surface area contributed by atoms with Gasteiger partial charge in [0.25, 0.3) is 0 Å². The zero-order valence-corrected chi connectivity index (χ0v) is 16.7. The Labute approximate surface area is 162 Å². The molecule has 0 radical (unpaired) electrons. The number of hydrogen-bond acceptors (Lipinski definition) is 5. The van der Waals surface area contributed by atoms with Gasteiger partial charge in [-0.25, -0.2) is 0 Å². The second-order valence-electron chi connectivity index (χ2n) is 7.66. The predicted molar refractivity (Wildman–Crippen MR) is 104 cm³/mol. The van der Waals surface area contributed by atoms with Crippen molar-refractivity contribution in [2.45, 2.75) is 51.4 Å². The number of carbonyl (C=O) groups excluding carboxylic acids is 1. The fourth-order valence-corrected chi connectivity index (χ4v) is 3.73. The van der Waals surface area contributed by atoms with Gasteiger partial charge in [-0.2, -0.15) is 0 Å². The molecule has 3 rings (SSSR count). The number of methoxy groups -OCH3 is 1. The fourth-order valence-electron chi connectivity index (χ4n) is 3.73. The average Bonchev–Trinajstić information content (AvgIpc) is 2.69. The standard InChI is InChI=1S/C21H32N2O4/c1-16(2)23-12-13-26-20(15-23)14-21(24)22-10-8-19(9-11-22)27-18-6-4-17(25-3)5-7-18/h4-7,16,19-20H,8-15H2,1-3H3/t20-/m0/s1. The van der Waals surface area contributed by atoms with Crippen molar-refractivity contribution in [3.8, 4) is 11.5 Å². The number of hydrogen-bond donors (Lipinski definition) is 0.